The second kappa shape index (κ2) is 11.1. The molecule has 0 aromatic heterocycles. The monoisotopic (exact) mass is 577 g/mol. The van der Waals surface area contributed by atoms with E-state index in [0.29, 0.717) is 17.3 Å². The van der Waals surface area contributed by atoms with E-state index < -0.39 is 28.5 Å². The molecule has 2 aromatic carbocycles. The number of sulfonamides is 1. The van der Waals surface area contributed by atoms with Crippen LogP contribution in [0.15, 0.2) is 48.5 Å². The summed E-state index contributed by atoms with van der Waals surface area (Å²) in [5, 5.41) is 3.21. The summed E-state index contributed by atoms with van der Waals surface area (Å²) < 4.78 is 26.9. The summed E-state index contributed by atoms with van der Waals surface area (Å²) in [5.74, 6) is -0.819. The SMILES string of the molecule is CCNC(=O)[C@@H](C)N(Cc1cccc(Cl)c1)C(=O)CN(c1ccc(I)cc1)S(C)(=O)=O. The predicted octanol–water partition coefficient (Wildman–Crippen LogP) is 3.26. The van der Waals surface area contributed by atoms with Crippen LogP contribution in [0.4, 0.5) is 5.69 Å². The second-order valence-corrected chi connectivity index (χ2v) is 10.6. The van der Waals surface area contributed by atoms with Crippen molar-refractivity contribution in [3.63, 3.8) is 0 Å². The molecule has 2 amide bonds. The minimum absolute atomic E-state index is 0.113. The van der Waals surface area contributed by atoms with E-state index in [1.54, 1.807) is 62.4 Å². The maximum atomic E-state index is 13.3. The summed E-state index contributed by atoms with van der Waals surface area (Å²) in [7, 11) is -3.73. The van der Waals surface area contributed by atoms with Gasteiger partial charge in [-0.15, -0.1) is 0 Å². The van der Waals surface area contributed by atoms with Gasteiger partial charge in [0.05, 0.1) is 11.9 Å². The molecule has 168 valence electrons. The lowest BCUT2D eigenvalue weighted by molar-refractivity contribution is -0.139. The highest BCUT2D eigenvalue weighted by Crippen LogP contribution is 2.21. The Morgan fingerprint density at radius 3 is 2.35 bits per heavy atom. The average Bonchev–Trinajstić information content (AvgIpc) is 2.70. The number of halogens is 2. The van der Waals surface area contributed by atoms with Crippen molar-refractivity contribution < 1.29 is 18.0 Å². The van der Waals surface area contributed by atoms with Crippen molar-refractivity contribution >= 4 is 61.7 Å². The van der Waals surface area contributed by atoms with Crippen LogP contribution in [0.3, 0.4) is 0 Å². The molecule has 31 heavy (non-hydrogen) atoms. The Balaban J connectivity index is 2.37. The van der Waals surface area contributed by atoms with Crippen molar-refractivity contribution in [2.45, 2.75) is 26.4 Å². The van der Waals surface area contributed by atoms with E-state index in [4.69, 9.17) is 11.6 Å². The Kier molecular flexibility index (Phi) is 9.14. The zero-order valence-electron chi connectivity index (χ0n) is 17.5. The summed E-state index contributed by atoms with van der Waals surface area (Å²) in [6.07, 6.45) is 1.05. The molecule has 10 heteroatoms. The van der Waals surface area contributed by atoms with Crippen molar-refractivity contribution in [3.8, 4) is 0 Å². The van der Waals surface area contributed by atoms with Gasteiger partial charge in [-0.05, 0) is 78.4 Å². The first-order chi connectivity index (χ1) is 14.5. The lowest BCUT2D eigenvalue weighted by atomic mass is 10.1. The van der Waals surface area contributed by atoms with E-state index >= 15 is 0 Å². The molecular weight excluding hydrogens is 553 g/mol. The van der Waals surface area contributed by atoms with Gasteiger partial charge in [-0.25, -0.2) is 8.42 Å². The van der Waals surface area contributed by atoms with Gasteiger partial charge in [0.15, 0.2) is 0 Å². The number of carbonyl (C=O) groups excluding carboxylic acids is 2. The Hall–Kier alpha value is -1.85. The molecule has 0 saturated carbocycles. The zero-order chi connectivity index (χ0) is 23.2. The standard InChI is InChI=1S/C21H25ClIN3O4S/c1-4-24-21(28)15(2)25(13-16-6-5-7-17(22)12-16)20(27)14-26(31(3,29)30)19-10-8-18(23)9-11-19/h5-12,15H,4,13-14H2,1-3H3,(H,24,28)/t15-/m1/s1. The fraction of sp³-hybridized carbons (Fsp3) is 0.333. The van der Waals surface area contributed by atoms with E-state index in [0.717, 1.165) is 19.7 Å². The number of rotatable bonds is 9. The molecule has 0 bridgehead atoms. The largest absolute Gasteiger partial charge is 0.355 e. The molecule has 0 saturated heterocycles. The zero-order valence-corrected chi connectivity index (χ0v) is 21.2. The first-order valence-corrected chi connectivity index (χ1v) is 12.9. The van der Waals surface area contributed by atoms with Gasteiger partial charge < -0.3 is 10.2 Å². The summed E-state index contributed by atoms with van der Waals surface area (Å²) >= 11 is 8.18. The molecule has 1 atom stereocenters. The van der Waals surface area contributed by atoms with Crippen LogP contribution in [0.2, 0.25) is 5.02 Å². The number of amides is 2. The summed E-state index contributed by atoms with van der Waals surface area (Å²) in [6, 6.07) is 13.0. The number of nitrogens with one attached hydrogen (secondary N) is 1. The van der Waals surface area contributed by atoms with Crippen LogP contribution in [0, 0.1) is 3.57 Å². The molecule has 0 spiro atoms. The van der Waals surface area contributed by atoms with Crippen molar-refractivity contribution in [1.29, 1.82) is 0 Å². The molecule has 1 N–H and O–H groups in total. The second-order valence-electron chi connectivity index (χ2n) is 6.97. The smallest absolute Gasteiger partial charge is 0.244 e. The highest BCUT2D eigenvalue weighted by molar-refractivity contribution is 14.1. The van der Waals surface area contributed by atoms with Crippen LogP contribution in [-0.4, -0.2) is 50.5 Å². The third-order valence-electron chi connectivity index (χ3n) is 4.55. The lowest BCUT2D eigenvalue weighted by Crippen LogP contribution is -2.51. The van der Waals surface area contributed by atoms with Gasteiger partial charge in [-0.1, -0.05) is 23.7 Å². The molecule has 7 nitrogen and oxygen atoms in total. The minimum Gasteiger partial charge on any atom is -0.355 e. The van der Waals surface area contributed by atoms with Crippen LogP contribution in [0.25, 0.3) is 0 Å². The van der Waals surface area contributed by atoms with Gasteiger partial charge in [0.1, 0.15) is 12.6 Å². The summed E-state index contributed by atoms with van der Waals surface area (Å²) in [5.41, 5.74) is 1.11. The number of likely N-dealkylation sites (N-methyl/N-ethyl adjacent to an activating group) is 1. The molecule has 0 heterocycles. The van der Waals surface area contributed by atoms with Crippen molar-refractivity contribution in [2.24, 2.45) is 0 Å². The molecule has 0 fully saturated rings. The first kappa shape index (κ1) is 25.4. The summed E-state index contributed by atoms with van der Waals surface area (Å²) in [6.45, 7) is 3.51. The Labute approximate surface area is 201 Å². The van der Waals surface area contributed by atoms with Crippen LogP contribution in [0.1, 0.15) is 19.4 Å². The minimum atomic E-state index is -3.73. The van der Waals surface area contributed by atoms with E-state index in [2.05, 4.69) is 27.9 Å². The number of nitrogens with zero attached hydrogens (tertiary/aromatic N) is 2. The topological polar surface area (TPSA) is 86.8 Å². The number of hydrogen-bond donors (Lipinski definition) is 1. The van der Waals surface area contributed by atoms with Crippen LogP contribution >= 0.6 is 34.2 Å². The quantitative estimate of drug-likeness (QED) is 0.464. The molecule has 0 aliphatic rings. The van der Waals surface area contributed by atoms with E-state index in [-0.39, 0.29) is 12.5 Å². The third-order valence-corrected chi connectivity index (χ3v) is 6.65. The van der Waals surface area contributed by atoms with Crippen LogP contribution in [0.5, 0.6) is 0 Å². The molecule has 2 rings (SSSR count). The molecule has 2 aromatic rings. The van der Waals surface area contributed by atoms with Crippen LogP contribution < -0.4 is 9.62 Å². The van der Waals surface area contributed by atoms with Gasteiger partial charge in [-0.2, -0.15) is 0 Å². The molecule has 0 aliphatic heterocycles. The van der Waals surface area contributed by atoms with Crippen molar-refractivity contribution in [3.05, 3.63) is 62.7 Å². The molecule has 0 aliphatic carbocycles. The van der Waals surface area contributed by atoms with E-state index in [1.807, 2.05) is 0 Å². The van der Waals surface area contributed by atoms with Gasteiger partial charge >= 0.3 is 0 Å². The van der Waals surface area contributed by atoms with Gasteiger partial charge in [0.25, 0.3) is 0 Å². The first-order valence-electron chi connectivity index (χ1n) is 9.57. The lowest BCUT2D eigenvalue weighted by Gasteiger charge is -2.31. The Morgan fingerprint density at radius 1 is 1.16 bits per heavy atom. The Bertz CT molecular complexity index is 1030. The fourth-order valence-corrected chi connectivity index (χ4v) is 4.38. The van der Waals surface area contributed by atoms with Crippen molar-refractivity contribution in [2.75, 3.05) is 23.7 Å². The summed E-state index contributed by atoms with van der Waals surface area (Å²) in [4.78, 5) is 27.1. The number of carbonyl (C=O) groups is 2. The highest BCUT2D eigenvalue weighted by atomic mass is 127. The highest BCUT2D eigenvalue weighted by Gasteiger charge is 2.29. The molecular formula is C21H25ClIN3O4S. The third kappa shape index (κ3) is 7.36. The maximum Gasteiger partial charge on any atom is 0.244 e. The number of benzene rings is 2. The van der Waals surface area contributed by atoms with Gasteiger partial charge in [-0.3, -0.25) is 13.9 Å². The molecule has 0 unspecified atom stereocenters. The normalized spacial score (nSPS) is 12.2. The van der Waals surface area contributed by atoms with E-state index in [1.165, 1.54) is 4.90 Å². The Morgan fingerprint density at radius 2 is 1.81 bits per heavy atom. The van der Waals surface area contributed by atoms with Crippen LogP contribution in [-0.2, 0) is 26.2 Å². The molecule has 0 radical (unpaired) electrons. The number of anilines is 1. The van der Waals surface area contributed by atoms with Gasteiger partial charge in [0, 0.05) is 21.7 Å². The maximum absolute atomic E-state index is 13.3. The number of hydrogen-bond acceptors (Lipinski definition) is 4. The average molecular weight is 578 g/mol. The van der Waals surface area contributed by atoms with E-state index in [9.17, 15) is 18.0 Å². The van der Waals surface area contributed by atoms with Crippen molar-refractivity contribution in [1.82, 2.24) is 10.2 Å². The van der Waals surface area contributed by atoms with Gasteiger partial charge in [0.2, 0.25) is 21.8 Å². The predicted molar refractivity (Wildman–Crippen MR) is 131 cm³/mol. The fourth-order valence-electron chi connectivity index (χ4n) is 2.96.